The van der Waals surface area contributed by atoms with Crippen LogP contribution in [0.2, 0.25) is 0 Å². The zero-order chi connectivity index (χ0) is 31.3. The fourth-order valence-electron chi connectivity index (χ4n) is 4.96. The number of furan rings is 1. The molecule has 3 aromatic carbocycles. The molecule has 0 aliphatic heterocycles. The molecule has 0 radical (unpaired) electrons. The highest BCUT2D eigenvalue weighted by atomic mass is 32.2. The lowest BCUT2D eigenvalue weighted by Gasteiger charge is -2.21. The van der Waals surface area contributed by atoms with Crippen LogP contribution in [0.1, 0.15) is 10.4 Å². The summed E-state index contributed by atoms with van der Waals surface area (Å²) in [4.78, 5) is 21.8. The van der Waals surface area contributed by atoms with E-state index in [1.165, 1.54) is 63.8 Å². The third-order valence-corrected chi connectivity index (χ3v) is 8.35. The molecule has 224 valence electrons. The number of sulfonamides is 1. The first-order chi connectivity index (χ1) is 21.0. The van der Waals surface area contributed by atoms with Crippen LogP contribution in [0.5, 0.6) is 5.75 Å². The van der Waals surface area contributed by atoms with Crippen molar-refractivity contribution >= 4 is 43.8 Å². The van der Waals surface area contributed by atoms with E-state index in [1.54, 1.807) is 24.3 Å². The summed E-state index contributed by atoms with van der Waals surface area (Å²) in [7, 11) is 0.266. The van der Waals surface area contributed by atoms with E-state index in [0.717, 1.165) is 10.6 Å². The Kier molecular flexibility index (Phi) is 7.04. The van der Waals surface area contributed by atoms with Gasteiger partial charge in [0.1, 0.15) is 22.7 Å². The second-order valence-electron chi connectivity index (χ2n) is 9.87. The monoisotopic (exact) mass is 618 g/mol. The number of nitrogens with zero attached hydrogens (tertiary/aromatic N) is 3. The number of carbonyl (C=O) groups excluding carboxylic acids is 1. The minimum absolute atomic E-state index is 0.0309. The number of hydrogen-bond acceptors (Lipinski definition) is 8. The fraction of sp³-hybridized carbons (Fsp3) is 0.129. The molecule has 0 atom stereocenters. The lowest BCUT2D eigenvalue weighted by Crippen LogP contribution is -2.25. The number of nitrogens with one attached hydrogen (secondary N) is 1. The zero-order valence-electron chi connectivity index (χ0n) is 23.8. The third kappa shape index (κ3) is 4.90. The molecule has 10 nitrogen and oxygen atoms in total. The Bertz CT molecular complexity index is 2160. The second kappa shape index (κ2) is 10.8. The van der Waals surface area contributed by atoms with Crippen molar-refractivity contribution in [1.29, 1.82) is 0 Å². The van der Waals surface area contributed by atoms with Gasteiger partial charge >= 0.3 is 0 Å². The van der Waals surface area contributed by atoms with Gasteiger partial charge in [0.05, 0.1) is 30.2 Å². The molecule has 0 fully saturated rings. The smallest absolute Gasteiger partial charge is 0.255 e. The number of ether oxygens (including phenoxy) is 1. The molecular weight excluding hydrogens is 594 g/mol. The van der Waals surface area contributed by atoms with E-state index >= 15 is 4.39 Å². The fourth-order valence-corrected chi connectivity index (χ4v) is 5.47. The Morgan fingerprint density at radius 3 is 2.41 bits per heavy atom. The average Bonchev–Trinajstić information content (AvgIpc) is 3.60. The number of oxazole rings is 1. The number of halogens is 2. The van der Waals surface area contributed by atoms with Crippen LogP contribution in [0.15, 0.2) is 75.7 Å². The van der Waals surface area contributed by atoms with Gasteiger partial charge in [0.2, 0.25) is 21.6 Å². The summed E-state index contributed by atoms with van der Waals surface area (Å²) in [5.74, 6) is -1.72. The van der Waals surface area contributed by atoms with Crippen molar-refractivity contribution < 1.29 is 35.6 Å². The Morgan fingerprint density at radius 1 is 1.00 bits per heavy atom. The van der Waals surface area contributed by atoms with Crippen LogP contribution < -0.4 is 14.4 Å². The van der Waals surface area contributed by atoms with Crippen molar-refractivity contribution in [3.05, 3.63) is 84.1 Å². The number of fused-ring (bicyclic) bond motifs is 2. The molecule has 0 aliphatic carbocycles. The maximum absolute atomic E-state index is 15.7. The number of benzene rings is 3. The van der Waals surface area contributed by atoms with Crippen LogP contribution in [0.4, 0.5) is 14.5 Å². The summed E-state index contributed by atoms with van der Waals surface area (Å²) in [5, 5.41) is 2.90. The molecule has 0 aliphatic rings. The first-order valence-electron chi connectivity index (χ1n) is 13.1. The van der Waals surface area contributed by atoms with Gasteiger partial charge in [-0.2, -0.15) is 0 Å². The number of amides is 1. The molecule has 3 heterocycles. The minimum Gasteiger partial charge on any atom is -0.493 e. The van der Waals surface area contributed by atoms with E-state index < -0.39 is 27.6 Å². The third-order valence-electron chi connectivity index (χ3n) is 7.16. The number of methoxy groups -OCH3 is 1. The summed E-state index contributed by atoms with van der Waals surface area (Å²) in [6.45, 7) is 0. The van der Waals surface area contributed by atoms with Gasteiger partial charge in [0, 0.05) is 42.9 Å². The largest absolute Gasteiger partial charge is 0.493 e. The lowest BCUT2D eigenvalue weighted by atomic mass is 9.96. The van der Waals surface area contributed by atoms with Crippen molar-refractivity contribution in [3.8, 4) is 39.7 Å². The van der Waals surface area contributed by atoms with Crippen molar-refractivity contribution in [2.75, 3.05) is 31.8 Å². The highest BCUT2D eigenvalue weighted by molar-refractivity contribution is 7.92. The molecule has 0 unspecified atom stereocenters. The van der Waals surface area contributed by atoms with Crippen molar-refractivity contribution in [3.63, 3.8) is 0 Å². The van der Waals surface area contributed by atoms with Crippen LogP contribution in [0.3, 0.4) is 0 Å². The van der Waals surface area contributed by atoms with E-state index in [2.05, 4.69) is 15.3 Å². The first-order valence-corrected chi connectivity index (χ1v) is 15.0. The number of rotatable bonds is 7. The van der Waals surface area contributed by atoms with Crippen LogP contribution in [0.25, 0.3) is 56.1 Å². The second-order valence-corrected chi connectivity index (χ2v) is 11.9. The Hall–Kier alpha value is -5.30. The lowest BCUT2D eigenvalue weighted by molar-refractivity contribution is 0.0964. The van der Waals surface area contributed by atoms with Gasteiger partial charge in [-0.1, -0.05) is 0 Å². The van der Waals surface area contributed by atoms with Gasteiger partial charge < -0.3 is 18.9 Å². The van der Waals surface area contributed by atoms with Gasteiger partial charge in [-0.3, -0.25) is 9.10 Å². The Balaban J connectivity index is 1.66. The van der Waals surface area contributed by atoms with Gasteiger partial charge in [-0.05, 0) is 60.2 Å². The number of anilines is 1. The molecule has 44 heavy (non-hydrogen) atoms. The summed E-state index contributed by atoms with van der Waals surface area (Å²) in [6, 6.07) is 14.5. The average molecular weight is 619 g/mol. The Labute approximate surface area is 249 Å². The number of carbonyl (C=O) groups is 1. The molecular formula is C31H24F2N4O6S. The predicted octanol–water partition coefficient (Wildman–Crippen LogP) is 6.01. The highest BCUT2D eigenvalue weighted by Crippen LogP contribution is 2.44. The van der Waals surface area contributed by atoms with Gasteiger partial charge in [0.15, 0.2) is 11.6 Å². The van der Waals surface area contributed by atoms with Crippen molar-refractivity contribution in [1.82, 2.24) is 15.3 Å². The van der Waals surface area contributed by atoms with E-state index in [1.807, 2.05) is 0 Å². The molecule has 6 aromatic rings. The van der Waals surface area contributed by atoms with Crippen LogP contribution in [-0.2, 0) is 10.0 Å². The summed E-state index contributed by atoms with van der Waals surface area (Å²) in [5.41, 5.74) is 2.17. The standard InChI is InChI=1S/C31H24F2N4O6S/c1-34-29(38)26-20-14-19(17-12-21(28(41-3)22(33)13-17)30-36-23-6-5-11-35-31(23)43-30)24(37(2)44(4,39)40)15-25(20)42-27(26)16-7-9-18(32)10-8-16/h5-15H,1-4H3,(H,34,38). The molecule has 0 saturated carbocycles. The molecule has 1 N–H and O–H groups in total. The predicted molar refractivity (Wildman–Crippen MR) is 161 cm³/mol. The number of hydrogen-bond donors (Lipinski definition) is 1. The molecule has 6 rings (SSSR count). The highest BCUT2D eigenvalue weighted by Gasteiger charge is 2.27. The van der Waals surface area contributed by atoms with E-state index in [-0.39, 0.29) is 56.6 Å². The van der Waals surface area contributed by atoms with E-state index in [0.29, 0.717) is 16.5 Å². The molecule has 3 aromatic heterocycles. The minimum atomic E-state index is -3.83. The topological polar surface area (TPSA) is 128 Å². The zero-order valence-corrected chi connectivity index (χ0v) is 24.6. The first kappa shape index (κ1) is 28.8. The summed E-state index contributed by atoms with van der Waals surface area (Å²) in [6.07, 6.45) is 2.55. The number of pyridine rings is 1. The van der Waals surface area contributed by atoms with Gasteiger partial charge in [-0.15, -0.1) is 0 Å². The molecule has 0 spiro atoms. The van der Waals surface area contributed by atoms with Crippen molar-refractivity contribution in [2.45, 2.75) is 0 Å². The maximum atomic E-state index is 15.7. The van der Waals surface area contributed by atoms with Crippen LogP contribution in [0, 0.1) is 11.6 Å². The molecule has 13 heteroatoms. The molecule has 0 bridgehead atoms. The van der Waals surface area contributed by atoms with E-state index in [9.17, 15) is 17.6 Å². The SMILES string of the molecule is CNC(=O)c1c(-c2ccc(F)cc2)oc2cc(N(C)S(C)(=O)=O)c(-c3cc(F)c(OC)c(-c4nc5cccnc5o4)c3)cc12. The normalized spacial score (nSPS) is 11.7. The van der Waals surface area contributed by atoms with Gasteiger partial charge in [-0.25, -0.2) is 27.2 Å². The molecule has 1 amide bonds. The van der Waals surface area contributed by atoms with E-state index in [4.69, 9.17) is 13.6 Å². The van der Waals surface area contributed by atoms with Gasteiger partial charge in [0.25, 0.3) is 5.91 Å². The van der Waals surface area contributed by atoms with Crippen molar-refractivity contribution in [2.24, 2.45) is 0 Å². The van der Waals surface area contributed by atoms with Crippen LogP contribution >= 0.6 is 0 Å². The summed E-state index contributed by atoms with van der Waals surface area (Å²) >= 11 is 0. The maximum Gasteiger partial charge on any atom is 0.255 e. The van der Waals surface area contributed by atoms with Crippen LogP contribution in [-0.4, -0.2) is 51.8 Å². The molecule has 0 saturated heterocycles. The Morgan fingerprint density at radius 2 is 1.75 bits per heavy atom. The summed E-state index contributed by atoms with van der Waals surface area (Å²) < 4.78 is 73.2. The number of aromatic nitrogens is 2. The quantitative estimate of drug-likeness (QED) is 0.230.